The smallest absolute Gasteiger partial charge is 0.253 e. The number of nitrogens with zero attached hydrogens (tertiary/aromatic N) is 2. The number of amides is 1. The summed E-state index contributed by atoms with van der Waals surface area (Å²) in [6.45, 7) is 0. The zero-order valence-corrected chi connectivity index (χ0v) is 10.1. The van der Waals surface area contributed by atoms with Crippen LogP contribution in [0.2, 0.25) is 0 Å². The highest BCUT2D eigenvalue weighted by Crippen LogP contribution is 2.18. The Hall–Kier alpha value is -2.10. The largest absolute Gasteiger partial charge is 0.481 e. The Morgan fingerprint density at radius 1 is 1.24 bits per heavy atom. The lowest BCUT2D eigenvalue weighted by atomic mass is 10.1. The van der Waals surface area contributed by atoms with E-state index >= 15 is 0 Å². The number of hydrogen-bond donors (Lipinski definition) is 0. The summed E-state index contributed by atoms with van der Waals surface area (Å²) >= 11 is 0. The van der Waals surface area contributed by atoms with E-state index in [1.54, 1.807) is 38.2 Å². The summed E-state index contributed by atoms with van der Waals surface area (Å²) in [6, 6.07) is 9.12. The Morgan fingerprint density at radius 3 is 2.65 bits per heavy atom. The van der Waals surface area contributed by atoms with Crippen LogP contribution in [0.25, 0.3) is 10.9 Å². The molecule has 0 spiro atoms. The minimum absolute atomic E-state index is 0.0114. The lowest BCUT2D eigenvalue weighted by molar-refractivity contribution is 0.0828. The van der Waals surface area contributed by atoms with Gasteiger partial charge in [0.15, 0.2) is 0 Å². The fraction of sp³-hybridized carbons (Fsp3) is 0.231. The van der Waals surface area contributed by atoms with E-state index < -0.39 is 0 Å². The van der Waals surface area contributed by atoms with Crippen molar-refractivity contribution in [2.24, 2.45) is 0 Å². The van der Waals surface area contributed by atoms with E-state index in [9.17, 15) is 4.79 Å². The summed E-state index contributed by atoms with van der Waals surface area (Å²) in [6.07, 6.45) is 0. The second-order valence-electron chi connectivity index (χ2n) is 3.96. The van der Waals surface area contributed by atoms with Crippen LogP contribution in [-0.2, 0) is 0 Å². The summed E-state index contributed by atoms with van der Waals surface area (Å²) in [7, 11) is 5.05. The Balaban J connectivity index is 2.48. The van der Waals surface area contributed by atoms with E-state index in [0.29, 0.717) is 11.4 Å². The fourth-order valence-electron chi connectivity index (χ4n) is 1.61. The zero-order valence-electron chi connectivity index (χ0n) is 10.1. The molecular weight excluding hydrogens is 216 g/mol. The van der Waals surface area contributed by atoms with Crippen LogP contribution in [-0.4, -0.2) is 37.0 Å². The van der Waals surface area contributed by atoms with Crippen LogP contribution in [0.4, 0.5) is 0 Å². The van der Waals surface area contributed by atoms with Crippen LogP contribution in [0.15, 0.2) is 30.3 Å². The highest BCUT2D eigenvalue weighted by molar-refractivity contribution is 5.97. The van der Waals surface area contributed by atoms with Crippen molar-refractivity contribution in [2.45, 2.75) is 0 Å². The third-order valence-corrected chi connectivity index (χ3v) is 2.53. The number of pyridine rings is 1. The van der Waals surface area contributed by atoms with Crippen molar-refractivity contribution in [3.63, 3.8) is 0 Å². The average Bonchev–Trinajstić information content (AvgIpc) is 2.36. The molecule has 1 aromatic carbocycles. The lowest BCUT2D eigenvalue weighted by Gasteiger charge is -2.10. The Bertz CT molecular complexity index is 564. The highest BCUT2D eigenvalue weighted by Gasteiger charge is 2.08. The number of benzene rings is 1. The molecule has 0 saturated heterocycles. The molecule has 0 bridgehead atoms. The van der Waals surface area contributed by atoms with Gasteiger partial charge in [0.1, 0.15) is 0 Å². The molecule has 4 heteroatoms. The van der Waals surface area contributed by atoms with E-state index in [-0.39, 0.29) is 5.91 Å². The number of rotatable bonds is 2. The molecule has 0 saturated carbocycles. The number of aromatic nitrogens is 1. The molecule has 0 aliphatic carbocycles. The van der Waals surface area contributed by atoms with Crippen molar-refractivity contribution in [1.29, 1.82) is 0 Å². The number of carbonyl (C=O) groups excluding carboxylic acids is 1. The van der Waals surface area contributed by atoms with Crippen molar-refractivity contribution in [1.82, 2.24) is 9.88 Å². The van der Waals surface area contributed by atoms with Crippen molar-refractivity contribution < 1.29 is 9.53 Å². The van der Waals surface area contributed by atoms with Gasteiger partial charge in [-0.15, -0.1) is 0 Å². The number of hydrogen-bond acceptors (Lipinski definition) is 3. The van der Waals surface area contributed by atoms with Crippen LogP contribution in [0, 0.1) is 0 Å². The van der Waals surface area contributed by atoms with E-state index in [0.717, 1.165) is 10.9 Å². The van der Waals surface area contributed by atoms with Gasteiger partial charge in [-0.05, 0) is 24.3 Å². The average molecular weight is 230 g/mol. The predicted molar refractivity (Wildman–Crippen MR) is 66.3 cm³/mol. The molecule has 4 nitrogen and oxygen atoms in total. The molecule has 1 aromatic heterocycles. The second-order valence-corrected chi connectivity index (χ2v) is 3.96. The first-order chi connectivity index (χ1) is 8.11. The standard InChI is InChI=1S/C13H14N2O2/c1-15(2)13(16)10-4-6-11-9(8-10)5-7-12(14-11)17-3/h4-8H,1-3H3. The van der Waals surface area contributed by atoms with Crippen LogP contribution >= 0.6 is 0 Å². The maximum atomic E-state index is 11.8. The molecule has 1 amide bonds. The topological polar surface area (TPSA) is 42.4 Å². The Kier molecular flexibility index (Phi) is 2.95. The van der Waals surface area contributed by atoms with Crippen LogP contribution in [0.1, 0.15) is 10.4 Å². The molecule has 0 unspecified atom stereocenters. The number of fused-ring (bicyclic) bond motifs is 1. The molecule has 0 atom stereocenters. The molecular formula is C13H14N2O2. The molecule has 2 rings (SSSR count). The predicted octanol–water partition coefficient (Wildman–Crippen LogP) is 1.95. The van der Waals surface area contributed by atoms with Crippen molar-refractivity contribution in [3.05, 3.63) is 35.9 Å². The monoisotopic (exact) mass is 230 g/mol. The molecule has 1 heterocycles. The molecule has 0 N–H and O–H groups in total. The molecule has 0 aliphatic heterocycles. The van der Waals surface area contributed by atoms with Crippen molar-refractivity contribution >= 4 is 16.8 Å². The summed E-state index contributed by atoms with van der Waals surface area (Å²) in [5.41, 5.74) is 1.48. The molecule has 88 valence electrons. The van der Waals surface area contributed by atoms with E-state index in [4.69, 9.17) is 4.74 Å². The van der Waals surface area contributed by atoms with Gasteiger partial charge in [0, 0.05) is 31.1 Å². The first-order valence-electron chi connectivity index (χ1n) is 5.28. The summed E-state index contributed by atoms with van der Waals surface area (Å²) in [5, 5.41) is 0.929. The normalized spacial score (nSPS) is 10.3. The highest BCUT2D eigenvalue weighted by atomic mass is 16.5. The van der Waals surface area contributed by atoms with Gasteiger partial charge in [-0.2, -0.15) is 0 Å². The van der Waals surface area contributed by atoms with Gasteiger partial charge >= 0.3 is 0 Å². The van der Waals surface area contributed by atoms with Gasteiger partial charge in [0.2, 0.25) is 5.88 Å². The SMILES string of the molecule is COc1ccc2cc(C(=O)N(C)C)ccc2n1. The van der Waals surface area contributed by atoms with Gasteiger partial charge in [-0.3, -0.25) is 4.79 Å². The van der Waals surface area contributed by atoms with Gasteiger partial charge in [-0.25, -0.2) is 4.98 Å². The number of methoxy groups -OCH3 is 1. The molecule has 0 fully saturated rings. The van der Waals surface area contributed by atoms with Crippen molar-refractivity contribution in [3.8, 4) is 5.88 Å². The first-order valence-corrected chi connectivity index (χ1v) is 5.28. The van der Waals surface area contributed by atoms with Crippen molar-refractivity contribution in [2.75, 3.05) is 21.2 Å². The van der Waals surface area contributed by atoms with Crippen LogP contribution in [0.5, 0.6) is 5.88 Å². The minimum atomic E-state index is -0.0114. The molecule has 0 aliphatic rings. The van der Waals surface area contributed by atoms with E-state index in [2.05, 4.69) is 4.98 Å². The van der Waals surface area contributed by atoms with Crippen LogP contribution < -0.4 is 4.74 Å². The maximum absolute atomic E-state index is 11.8. The summed E-state index contributed by atoms with van der Waals surface area (Å²) < 4.78 is 5.05. The lowest BCUT2D eigenvalue weighted by Crippen LogP contribution is -2.21. The van der Waals surface area contributed by atoms with E-state index in [1.165, 1.54) is 0 Å². The second kappa shape index (κ2) is 4.41. The van der Waals surface area contributed by atoms with E-state index in [1.807, 2.05) is 18.2 Å². The summed E-state index contributed by atoms with van der Waals surface area (Å²) in [5.74, 6) is 0.562. The van der Waals surface area contributed by atoms with Gasteiger partial charge in [0.05, 0.1) is 12.6 Å². The fourth-order valence-corrected chi connectivity index (χ4v) is 1.61. The van der Waals surface area contributed by atoms with Gasteiger partial charge in [0.25, 0.3) is 5.91 Å². The number of ether oxygens (including phenoxy) is 1. The summed E-state index contributed by atoms with van der Waals surface area (Å²) in [4.78, 5) is 17.6. The Labute approximate surface area is 99.8 Å². The third-order valence-electron chi connectivity index (χ3n) is 2.53. The van der Waals surface area contributed by atoms with Crippen LogP contribution in [0.3, 0.4) is 0 Å². The molecule has 17 heavy (non-hydrogen) atoms. The van der Waals surface area contributed by atoms with Gasteiger partial charge in [-0.1, -0.05) is 0 Å². The minimum Gasteiger partial charge on any atom is -0.481 e. The maximum Gasteiger partial charge on any atom is 0.253 e. The quantitative estimate of drug-likeness (QED) is 0.791. The number of carbonyl (C=O) groups is 1. The molecule has 2 aromatic rings. The first kappa shape index (κ1) is 11.4. The van der Waals surface area contributed by atoms with Gasteiger partial charge < -0.3 is 9.64 Å². The zero-order chi connectivity index (χ0) is 12.4. The molecule has 0 radical (unpaired) electrons. The Morgan fingerprint density at radius 2 is 2.00 bits per heavy atom. The third kappa shape index (κ3) is 2.20.